The van der Waals surface area contributed by atoms with Crippen molar-refractivity contribution < 1.29 is 24.2 Å². The summed E-state index contributed by atoms with van der Waals surface area (Å²) in [6, 6.07) is 4.82. The summed E-state index contributed by atoms with van der Waals surface area (Å²) in [5, 5.41) is 12.7. The Balaban J connectivity index is 1.70. The maximum Gasteiger partial charge on any atom is 0.327 e. The Labute approximate surface area is 182 Å². The second-order valence-corrected chi connectivity index (χ2v) is 8.38. The lowest BCUT2D eigenvalue weighted by atomic mass is 10.0. The minimum Gasteiger partial charge on any atom is -0.497 e. The molecular weight excluding hydrogens is 402 g/mol. The number of amides is 3. The summed E-state index contributed by atoms with van der Waals surface area (Å²) in [5.74, 6) is 1.50. The summed E-state index contributed by atoms with van der Waals surface area (Å²) in [6.45, 7) is 3.78. The van der Waals surface area contributed by atoms with E-state index in [9.17, 15) is 14.7 Å². The zero-order valence-electron chi connectivity index (χ0n) is 18.4. The number of rotatable bonds is 6. The number of imide groups is 1. The number of carbonyl (C=O) groups is 2. The Morgan fingerprint density at radius 1 is 1.19 bits per heavy atom. The van der Waals surface area contributed by atoms with Gasteiger partial charge in [-0.2, -0.15) is 0 Å². The zero-order chi connectivity index (χ0) is 22.3. The summed E-state index contributed by atoms with van der Waals surface area (Å²) in [6.07, 6.45) is -0.340. The first-order chi connectivity index (χ1) is 14.9. The molecule has 0 radical (unpaired) electrons. The summed E-state index contributed by atoms with van der Waals surface area (Å²) < 4.78 is 11.0. The van der Waals surface area contributed by atoms with Crippen LogP contribution >= 0.6 is 0 Å². The molecule has 4 rings (SSSR count). The third-order valence-corrected chi connectivity index (χ3v) is 6.32. The highest BCUT2D eigenvalue weighted by molar-refractivity contribution is 6.00. The van der Waals surface area contributed by atoms with Crippen LogP contribution in [0.25, 0.3) is 0 Å². The fourth-order valence-electron chi connectivity index (χ4n) is 4.86. The number of nitrogens with one attached hydrogen (secondary N) is 1. The van der Waals surface area contributed by atoms with Crippen molar-refractivity contribution in [2.24, 2.45) is 5.92 Å². The molecule has 4 unspecified atom stereocenters. The van der Waals surface area contributed by atoms with Gasteiger partial charge in [0.1, 0.15) is 30.0 Å². The topological polar surface area (TPSA) is 97.8 Å². The molecule has 4 atom stereocenters. The molecule has 10 nitrogen and oxygen atoms in total. The monoisotopic (exact) mass is 433 g/mol. The highest BCUT2D eigenvalue weighted by Crippen LogP contribution is 2.39. The van der Waals surface area contributed by atoms with Gasteiger partial charge in [-0.1, -0.05) is 6.92 Å². The maximum atomic E-state index is 13.3. The van der Waals surface area contributed by atoms with Gasteiger partial charge in [-0.25, -0.2) is 4.79 Å². The number of anilines is 1. The van der Waals surface area contributed by atoms with Crippen LogP contribution in [0.15, 0.2) is 18.2 Å². The van der Waals surface area contributed by atoms with Crippen molar-refractivity contribution in [3.05, 3.63) is 18.2 Å². The molecule has 0 aliphatic carbocycles. The fourth-order valence-corrected chi connectivity index (χ4v) is 4.86. The molecule has 0 bridgehead atoms. The minimum atomic E-state index is -0.492. The summed E-state index contributed by atoms with van der Waals surface area (Å²) in [4.78, 5) is 33.3. The standard InChI is InChI=1S/C21H31N5O5/c1-13-11-25(15-10-14(30-3)6-7-16(15)31-4)20-22-18-17(26(20)12-13)19(28)24(8-5-9-27)21(29)23(18)2/h6-7,10,13,17-18,20,22,27H,5,8-9,11-12H2,1-4H3. The molecule has 3 saturated heterocycles. The second kappa shape index (κ2) is 8.52. The zero-order valence-corrected chi connectivity index (χ0v) is 18.4. The third-order valence-electron chi connectivity index (χ3n) is 6.32. The van der Waals surface area contributed by atoms with E-state index in [1.807, 2.05) is 18.2 Å². The van der Waals surface area contributed by atoms with Crippen molar-refractivity contribution >= 4 is 17.6 Å². The van der Waals surface area contributed by atoms with Crippen LogP contribution in [0.5, 0.6) is 11.5 Å². The molecule has 3 fully saturated rings. The van der Waals surface area contributed by atoms with Gasteiger partial charge >= 0.3 is 6.03 Å². The molecular formula is C21H31N5O5. The van der Waals surface area contributed by atoms with E-state index in [0.717, 1.165) is 24.5 Å². The van der Waals surface area contributed by atoms with Gasteiger partial charge in [0.25, 0.3) is 5.91 Å². The largest absolute Gasteiger partial charge is 0.497 e. The molecule has 3 amide bonds. The molecule has 170 valence electrons. The quantitative estimate of drug-likeness (QED) is 0.662. The van der Waals surface area contributed by atoms with Crippen LogP contribution in [0.3, 0.4) is 0 Å². The number of likely N-dealkylation sites (N-methyl/N-ethyl adjacent to an activating group) is 1. The lowest BCUT2D eigenvalue weighted by molar-refractivity contribution is -0.139. The highest BCUT2D eigenvalue weighted by Gasteiger charge is 2.56. The van der Waals surface area contributed by atoms with Crippen molar-refractivity contribution in [3.8, 4) is 11.5 Å². The van der Waals surface area contributed by atoms with Crippen LogP contribution in [0, 0.1) is 5.92 Å². The van der Waals surface area contributed by atoms with Gasteiger partial charge in [0.15, 0.2) is 0 Å². The summed E-state index contributed by atoms with van der Waals surface area (Å²) >= 11 is 0. The van der Waals surface area contributed by atoms with Crippen LogP contribution in [0.2, 0.25) is 0 Å². The first-order valence-electron chi connectivity index (χ1n) is 10.6. The van der Waals surface area contributed by atoms with Crippen molar-refractivity contribution in [2.75, 3.05) is 52.4 Å². The second-order valence-electron chi connectivity index (χ2n) is 8.38. The maximum absolute atomic E-state index is 13.3. The van der Waals surface area contributed by atoms with Crippen LogP contribution in [0.4, 0.5) is 10.5 Å². The molecule has 0 aromatic heterocycles. The number of methoxy groups -OCH3 is 2. The molecule has 3 heterocycles. The van der Waals surface area contributed by atoms with E-state index < -0.39 is 12.2 Å². The molecule has 3 aliphatic heterocycles. The molecule has 31 heavy (non-hydrogen) atoms. The van der Waals surface area contributed by atoms with E-state index in [4.69, 9.17) is 9.47 Å². The Bertz CT molecular complexity index is 851. The van der Waals surface area contributed by atoms with Gasteiger partial charge < -0.3 is 24.4 Å². The Kier molecular flexibility index (Phi) is 5.96. The molecule has 0 spiro atoms. The Hall–Kier alpha value is -2.56. The number of ether oxygens (including phenoxy) is 2. The van der Waals surface area contributed by atoms with Crippen molar-refractivity contribution in [3.63, 3.8) is 0 Å². The van der Waals surface area contributed by atoms with Crippen molar-refractivity contribution in [1.29, 1.82) is 0 Å². The number of aliphatic hydroxyl groups excluding tert-OH is 1. The first-order valence-corrected chi connectivity index (χ1v) is 10.6. The lowest BCUT2D eigenvalue weighted by Crippen LogP contribution is -2.66. The predicted octanol–water partition coefficient (Wildman–Crippen LogP) is 0.320. The first kappa shape index (κ1) is 21.7. The number of fused-ring (bicyclic) bond motifs is 3. The van der Waals surface area contributed by atoms with E-state index in [2.05, 4.69) is 22.0 Å². The average molecular weight is 434 g/mol. The molecule has 0 saturated carbocycles. The van der Waals surface area contributed by atoms with E-state index in [0.29, 0.717) is 12.2 Å². The van der Waals surface area contributed by atoms with Crippen LogP contribution in [-0.2, 0) is 4.79 Å². The van der Waals surface area contributed by atoms with Crippen LogP contribution in [0.1, 0.15) is 13.3 Å². The normalized spacial score (nSPS) is 28.6. The van der Waals surface area contributed by atoms with Gasteiger partial charge in [-0.05, 0) is 24.5 Å². The number of carbonyl (C=O) groups excluding carboxylic acids is 2. The van der Waals surface area contributed by atoms with Crippen molar-refractivity contribution in [2.45, 2.75) is 31.8 Å². The lowest BCUT2D eigenvalue weighted by Gasteiger charge is -2.46. The predicted molar refractivity (Wildman–Crippen MR) is 114 cm³/mol. The number of aliphatic hydroxyl groups is 1. The third kappa shape index (κ3) is 3.58. The van der Waals surface area contributed by atoms with Crippen molar-refractivity contribution in [1.82, 2.24) is 20.0 Å². The molecule has 2 N–H and O–H groups in total. The van der Waals surface area contributed by atoms with Gasteiger partial charge in [0, 0.05) is 39.4 Å². The number of urea groups is 1. The van der Waals surface area contributed by atoms with E-state index >= 15 is 0 Å². The van der Waals surface area contributed by atoms with Crippen LogP contribution in [-0.4, -0.2) is 97.8 Å². The van der Waals surface area contributed by atoms with E-state index in [1.165, 1.54) is 4.90 Å². The van der Waals surface area contributed by atoms with Gasteiger partial charge in [-0.3, -0.25) is 19.9 Å². The van der Waals surface area contributed by atoms with Gasteiger partial charge in [0.05, 0.1) is 19.9 Å². The molecule has 1 aromatic carbocycles. The SMILES string of the molecule is COc1ccc(OC)c(N2CC(C)CN3C4C(=O)N(CCCO)C(=O)N(C)C4NC23)c1. The fraction of sp³-hybridized carbons (Fsp3) is 0.619. The smallest absolute Gasteiger partial charge is 0.327 e. The van der Waals surface area contributed by atoms with E-state index in [-0.39, 0.29) is 37.3 Å². The number of benzene rings is 1. The van der Waals surface area contributed by atoms with Crippen LogP contribution < -0.4 is 19.7 Å². The Morgan fingerprint density at radius 2 is 1.97 bits per heavy atom. The highest BCUT2D eigenvalue weighted by atomic mass is 16.5. The number of nitrogens with zero attached hydrogens (tertiary/aromatic N) is 4. The average Bonchev–Trinajstić information content (AvgIpc) is 3.16. The van der Waals surface area contributed by atoms with Gasteiger partial charge in [0.2, 0.25) is 0 Å². The summed E-state index contributed by atoms with van der Waals surface area (Å²) in [5.41, 5.74) is 0.869. The van der Waals surface area contributed by atoms with E-state index in [1.54, 1.807) is 26.2 Å². The number of hydrogen-bond donors (Lipinski definition) is 2. The Morgan fingerprint density at radius 3 is 2.65 bits per heavy atom. The summed E-state index contributed by atoms with van der Waals surface area (Å²) in [7, 11) is 4.97. The molecule has 1 aromatic rings. The molecule has 3 aliphatic rings. The van der Waals surface area contributed by atoms with Gasteiger partial charge in [-0.15, -0.1) is 0 Å². The minimum absolute atomic E-state index is 0.0695. The molecule has 10 heteroatoms. The number of hydrogen-bond acceptors (Lipinski definition) is 8.